The summed E-state index contributed by atoms with van der Waals surface area (Å²) in [7, 11) is 1.61. The number of carbonyl (C=O) groups excluding carboxylic acids is 1. The molecule has 102 valence electrons. The van der Waals surface area contributed by atoms with Gasteiger partial charge in [-0.25, -0.2) is 0 Å². The number of thiophene rings is 1. The number of amides is 1. The normalized spacial score (nSPS) is 9.80. The Balaban J connectivity index is 1.94. The molecule has 1 aromatic heterocycles. The number of carbonyl (C=O) groups is 1. The number of ether oxygens (including phenoxy) is 1. The van der Waals surface area contributed by atoms with Crippen molar-refractivity contribution in [3.05, 3.63) is 46.8 Å². The lowest BCUT2D eigenvalue weighted by atomic mass is 10.1. The van der Waals surface area contributed by atoms with E-state index < -0.39 is 0 Å². The third kappa shape index (κ3) is 3.37. The van der Waals surface area contributed by atoms with Crippen molar-refractivity contribution in [3.8, 4) is 11.8 Å². The van der Waals surface area contributed by atoms with Gasteiger partial charge in [0.15, 0.2) is 0 Å². The van der Waals surface area contributed by atoms with Crippen LogP contribution in [0.2, 0.25) is 0 Å². The highest BCUT2D eigenvalue weighted by Crippen LogP contribution is 2.23. The predicted molar refractivity (Wildman–Crippen MR) is 79.0 cm³/mol. The molecule has 5 heteroatoms. The second-order valence-corrected chi connectivity index (χ2v) is 5.05. The first-order valence-electron chi connectivity index (χ1n) is 6.14. The van der Waals surface area contributed by atoms with Gasteiger partial charge in [0, 0.05) is 6.42 Å². The van der Waals surface area contributed by atoms with E-state index in [0.717, 1.165) is 11.3 Å². The van der Waals surface area contributed by atoms with E-state index in [0.29, 0.717) is 23.4 Å². The maximum Gasteiger partial charge on any atom is 0.225 e. The fraction of sp³-hybridized carbons (Fsp3) is 0.200. The number of hydrogen-bond acceptors (Lipinski definition) is 4. The van der Waals surface area contributed by atoms with Crippen molar-refractivity contribution in [2.24, 2.45) is 0 Å². The Morgan fingerprint density at radius 2 is 2.20 bits per heavy atom. The molecule has 0 aliphatic heterocycles. The van der Waals surface area contributed by atoms with Crippen LogP contribution < -0.4 is 10.1 Å². The first kappa shape index (κ1) is 14.1. The minimum atomic E-state index is -0.102. The largest absolute Gasteiger partial charge is 0.496 e. The summed E-state index contributed by atoms with van der Waals surface area (Å²) in [6.45, 7) is 0. The monoisotopic (exact) mass is 286 g/mol. The van der Waals surface area contributed by atoms with Crippen LogP contribution in [0.3, 0.4) is 0 Å². The molecule has 0 aliphatic carbocycles. The lowest BCUT2D eigenvalue weighted by molar-refractivity contribution is -0.116. The summed E-state index contributed by atoms with van der Waals surface area (Å²) in [5.41, 5.74) is 1.50. The first-order chi connectivity index (χ1) is 9.74. The van der Waals surface area contributed by atoms with E-state index in [-0.39, 0.29) is 5.91 Å². The first-order valence-corrected chi connectivity index (χ1v) is 7.02. The highest BCUT2D eigenvalue weighted by atomic mass is 32.1. The highest BCUT2D eigenvalue weighted by molar-refractivity contribution is 7.14. The number of anilines is 1. The van der Waals surface area contributed by atoms with E-state index in [4.69, 9.17) is 10.00 Å². The Morgan fingerprint density at radius 1 is 1.40 bits per heavy atom. The standard InChI is InChI=1S/C15H14N2O2S/c1-19-13-5-3-2-4-11(13)6-7-14(18)17-15-12(10-16)8-9-20-15/h2-5,8-9H,6-7H2,1H3,(H,17,18). The summed E-state index contributed by atoms with van der Waals surface area (Å²) >= 11 is 1.35. The number of nitriles is 1. The molecule has 0 atom stereocenters. The molecule has 0 unspecified atom stereocenters. The van der Waals surface area contributed by atoms with Gasteiger partial charge in [0.1, 0.15) is 16.8 Å². The van der Waals surface area contributed by atoms with Crippen LogP contribution in [-0.4, -0.2) is 13.0 Å². The molecule has 0 saturated heterocycles. The number of methoxy groups -OCH3 is 1. The van der Waals surface area contributed by atoms with E-state index >= 15 is 0 Å². The molecule has 0 saturated carbocycles. The predicted octanol–water partition coefficient (Wildman–Crippen LogP) is 3.20. The van der Waals surface area contributed by atoms with Crippen LogP contribution in [0, 0.1) is 11.3 Å². The van der Waals surface area contributed by atoms with Crippen LogP contribution in [0.5, 0.6) is 5.75 Å². The molecule has 1 amide bonds. The molecular formula is C15H14N2O2S. The maximum atomic E-state index is 11.9. The number of aryl methyl sites for hydroxylation is 1. The lowest BCUT2D eigenvalue weighted by Gasteiger charge is -2.08. The van der Waals surface area contributed by atoms with Crippen molar-refractivity contribution >= 4 is 22.2 Å². The molecule has 20 heavy (non-hydrogen) atoms. The van der Waals surface area contributed by atoms with Crippen LogP contribution in [0.1, 0.15) is 17.5 Å². The number of nitrogens with one attached hydrogen (secondary N) is 1. The van der Waals surface area contributed by atoms with Crippen molar-refractivity contribution < 1.29 is 9.53 Å². The second-order valence-electron chi connectivity index (χ2n) is 4.14. The van der Waals surface area contributed by atoms with Gasteiger partial charge in [-0.15, -0.1) is 11.3 Å². The average Bonchev–Trinajstić information content (AvgIpc) is 2.92. The van der Waals surface area contributed by atoms with Gasteiger partial charge in [-0.05, 0) is 29.5 Å². The van der Waals surface area contributed by atoms with Crippen LogP contribution in [0.4, 0.5) is 5.00 Å². The molecule has 0 aliphatic rings. The fourth-order valence-corrected chi connectivity index (χ4v) is 2.59. The molecular weight excluding hydrogens is 272 g/mol. The van der Waals surface area contributed by atoms with Crippen molar-refractivity contribution in [1.82, 2.24) is 0 Å². The minimum Gasteiger partial charge on any atom is -0.496 e. The molecule has 1 heterocycles. The summed E-state index contributed by atoms with van der Waals surface area (Å²) in [6, 6.07) is 11.4. The Bertz CT molecular complexity index is 643. The molecule has 4 nitrogen and oxygen atoms in total. The number of para-hydroxylation sites is 1. The third-order valence-corrected chi connectivity index (χ3v) is 3.68. The zero-order valence-corrected chi connectivity index (χ0v) is 11.9. The van der Waals surface area contributed by atoms with E-state index in [1.165, 1.54) is 11.3 Å². The van der Waals surface area contributed by atoms with Gasteiger partial charge >= 0.3 is 0 Å². The number of nitrogens with zero attached hydrogens (tertiary/aromatic N) is 1. The van der Waals surface area contributed by atoms with Gasteiger partial charge in [0.2, 0.25) is 5.91 Å². The van der Waals surface area contributed by atoms with Crippen molar-refractivity contribution in [2.45, 2.75) is 12.8 Å². The Hall–Kier alpha value is -2.32. The summed E-state index contributed by atoms with van der Waals surface area (Å²) in [5.74, 6) is 0.684. The van der Waals surface area contributed by atoms with Gasteiger partial charge in [-0.3, -0.25) is 4.79 Å². The van der Waals surface area contributed by atoms with Gasteiger partial charge in [0.05, 0.1) is 12.7 Å². The molecule has 0 fully saturated rings. The quantitative estimate of drug-likeness (QED) is 0.918. The minimum absolute atomic E-state index is 0.102. The van der Waals surface area contributed by atoms with Crippen LogP contribution in [0.25, 0.3) is 0 Å². The zero-order valence-electron chi connectivity index (χ0n) is 11.1. The van der Waals surface area contributed by atoms with E-state index in [2.05, 4.69) is 5.32 Å². The van der Waals surface area contributed by atoms with Crippen LogP contribution in [-0.2, 0) is 11.2 Å². The molecule has 2 aromatic rings. The van der Waals surface area contributed by atoms with Crippen LogP contribution >= 0.6 is 11.3 Å². The molecule has 1 aromatic carbocycles. The van der Waals surface area contributed by atoms with E-state index in [9.17, 15) is 4.79 Å². The second kappa shape index (κ2) is 6.73. The molecule has 2 rings (SSSR count). The Labute approximate surface area is 121 Å². The topological polar surface area (TPSA) is 62.1 Å². The molecule has 0 spiro atoms. The number of rotatable bonds is 5. The Kier molecular flexibility index (Phi) is 4.75. The summed E-state index contributed by atoms with van der Waals surface area (Å²) in [6.07, 6.45) is 0.951. The lowest BCUT2D eigenvalue weighted by Crippen LogP contribution is -2.12. The van der Waals surface area contributed by atoms with E-state index in [1.54, 1.807) is 18.6 Å². The SMILES string of the molecule is COc1ccccc1CCC(=O)Nc1sccc1C#N. The fourth-order valence-electron chi connectivity index (χ4n) is 1.84. The maximum absolute atomic E-state index is 11.9. The van der Waals surface area contributed by atoms with Crippen molar-refractivity contribution in [1.29, 1.82) is 5.26 Å². The summed E-state index contributed by atoms with van der Waals surface area (Å²) in [5, 5.41) is 14.0. The molecule has 0 radical (unpaired) electrons. The van der Waals surface area contributed by atoms with Gasteiger partial charge < -0.3 is 10.1 Å². The van der Waals surface area contributed by atoms with E-state index in [1.807, 2.05) is 30.3 Å². The van der Waals surface area contributed by atoms with Gasteiger partial charge in [-0.1, -0.05) is 18.2 Å². The summed E-state index contributed by atoms with van der Waals surface area (Å²) in [4.78, 5) is 11.9. The van der Waals surface area contributed by atoms with Crippen molar-refractivity contribution in [3.63, 3.8) is 0 Å². The third-order valence-electron chi connectivity index (χ3n) is 2.85. The number of hydrogen-bond donors (Lipinski definition) is 1. The van der Waals surface area contributed by atoms with Crippen molar-refractivity contribution in [2.75, 3.05) is 12.4 Å². The highest BCUT2D eigenvalue weighted by Gasteiger charge is 2.09. The smallest absolute Gasteiger partial charge is 0.225 e. The Morgan fingerprint density at radius 3 is 2.95 bits per heavy atom. The van der Waals surface area contributed by atoms with Crippen LogP contribution in [0.15, 0.2) is 35.7 Å². The van der Waals surface area contributed by atoms with Gasteiger partial charge in [0.25, 0.3) is 0 Å². The number of benzene rings is 1. The average molecular weight is 286 g/mol. The van der Waals surface area contributed by atoms with Gasteiger partial charge in [-0.2, -0.15) is 5.26 Å². The molecule has 1 N–H and O–H groups in total. The summed E-state index contributed by atoms with van der Waals surface area (Å²) < 4.78 is 5.25. The zero-order chi connectivity index (χ0) is 14.4. The molecule has 0 bridgehead atoms.